The molecule has 1 atom stereocenters. The summed E-state index contributed by atoms with van der Waals surface area (Å²) in [5.41, 5.74) is 2.28. The molecule has 0 saturated heterocycles. The standard InChI is InChI=1S/C18H22ClNO/c1-2-10-20-13-15(17-8-3-4-9-18(17)19)11-14-6-5-7-16(21)12-14/h3-9,12,15,20-21H,2,10-11,13H2,1H3. The van der Waals surface area contributed by atoms with E-state index in [9.17, 15) is 5.11 Å². The van der Waals surface area contributed by atoms with Crippen LogP contribution in [0.1, 0.15) is 30.4 Å². The number of phenolic OH excluding ortho intramolecular Hbond substituents is 1. The van der Waals surface area contributed by atoms with E-state index in [0.717, 1.165) is 42.1 Å². The number of nitrogens with one attached hydrogen (secondary N) is 1. The van der Waals surface area contributed by atoms with Crippen molar-refractivity contribution < 1.29 is 5.11 Å². The third-order valence-electron chi connectivity index (χ3n) is 3.56. The van der Waals surface area contributed by atoms with Gasteiger partial charge in [0.25, 0.3) is 0 Å². The summed E-state index contributed by atoms with van der Waals surface area (Å²) in [6.45, 7) is 4.04. The Morgan fingerprint density at radius 1 is 1.14 bits per heavy atom. The van der Waals surface area contributed by atoms with E-state index in [1.165, 1.54) is 0 Å². The van der Waals surface area contributed by atoms with Crippen molar-refractivity contribution >= 4 is 11.6 Å². The van der Waals surface area contributed by atoms with Gasteiger partial charge in [0, 0.05) is 17.5 Å². The van der Waals surface area contributed by atoms with Crippen molar-refractivity contribution in [3.63, 3.8) is 0 Å². The van der Waals surface area contributed by atoms with E-state index >= 15 is 0 Å². The topological polar surface area (TPSA) is 32.3 Å². The minimum Gasteiger partial charge on any atom is -0.508 e. The minimum atomic E-state index is 0.298. The molecule has 3 heteroatoms. The molecule has 0 aliphatic rings. The van der Waals surface area contributed by atoms with E-state index in [2.05, 4.69) is 18.3 Å². The number of hydrogen-bond acceptors (Lipinski definition) is 2. The fourth-order valence-electron chi connectivity index (χ4n) is 2.52. The fourth-order valence-corrected chi connectivity index (χ4v) is 2.81. The molecule has 21 heavy (non-hydrogen) atoms. The lowest BCUT2D eigenvalue weighted by Gasteiger charge is -2.19. The van der Waals surface area contributed by atoms with Crippen molar-refractivity contribution in [3.05, 3.63) is 64.7 Å². The third-order valence-corrected chi connectivity index (χ3v) is 3.90. The van der Waals surface area contributed by atoms with Crippen molar-refractivity contribution in [2.75, 3.05) is 13.1 Å². The molecule has 0 heterocycles. The Kier molecular flexibility index (Phi) is 6.09. The average molecular weight is 304 g/mol. The molecule has 2 aromatic rings. The second-order valence-electron chi connectivity index (χ2n) is 5.30. The van der Waals surface area contributed by atoms with Crippen molar-refractivity contribution in [1.82, 2.24) is 5.32 Å². The number of benzene rings is 2. The van der Waals surface area contributed by atoms with Crippen LogP contribution >= 0.6 is 11.6 Å². The molecule has 0 aliphatic heterocycles. The van der Waals surface area contributed by atoms with Crippen molar-refractivity contribution in [3.8, 4) is 5.75 Å². The summed E-state index contributed by atoms with van der Waals surface area (Å²) in [5, 5.41) is 13.9. The molecule has 0 amide bonds. The molecule has 2 aromatic carbocycles. The van der Waals surface area contributed by atoms with E-state index in [1.54, 1.807) is 6.07 Å². The molecule has 0 spiro atoms. The summed E-state index contributed by atoms with van der Waals surface area (Å²) >= 11 is 6.35. The van der Waals surface area contributed by atoms with Gasteiger partial charge in [0.05, 0.1) is 0 Å². The quantitative estimate of drug-likeness (QED) is 0.744. The van der Waals surface area contributed by atoms with Crippen LogP contribution < -0.4 is 5.32 Å². The van der Waals surface area contributed by atoms with Gasteiger partial charge in [-0.15, -0.1) is 0 Å². The third kappa shape index (κ3) is 4.76. The smallest absolute Gasteiger partial charge is 0.115 e. The highest BCUT2D eigenvalue weighted by Crippen LogP contribution is 2.28. The molecule has 0 bridgehead atoms. The largest absolute Gasteiger partial charge is 0.508 e. The van der Waals surface area contributed by atoms with Crippen LogP contribution in [0.5, 0.6) is 5.75 Å². The SMILES string of the molecule is CCCNCC(Cc1cccc(O)c1)c1ccccc1Cl. The van der Waals surface area contributed by atoms with E-state index in [0.29, 0.717) is 11.7 Å². The highest BCUT2D eigenvalue weighted by molar-refractivity contribution is 6.31. The van der Waals surface area contributed by atoms with Crippen molar-refractivity contribution in [2.45, 2.75) is 25.7 Å². The molecular weight excluding hydrogens is 282 g/mol. The Morgan fingerprint density at radius 2 is 1.95 bits per heavy atom. The number of halogens is 1. The second kappa shape index (κ2) is 8.06. The van der Waals surface area contributed by atoms with Gasteiger partial charge in [0.15, 0.2) is 0 Å². The highest BCUT2D eigenvalue weighted by atomic mass is 35.5. The van der Waals surface area contributed by atoms with Gasteiger partial charge in [0.2, 0.25) is 0 Å². The molecule has 112 valence electrons. The van der Waals surface area contributed by atoms with E-state index in [1.807, 2.05) is 36.4 Å². The molecule has 0 aliphatic carbocycles. The van der Waals surface area contributed by atoms with Gasteiger partial charge < -0.3 is 10.4 Å². The van der Waals surface area contributed by atoms with E-state index in [4.69, 9.17) is 11.6 Å². The molecular formula is C18H22ClNO. The van der Waals surface area contributed by atoms with Gasteiger partial charge in [-0.3, -0.25) is 0 Å². The van der Waals surface area contributed by atoms with Gasteiger partial charge >= 0.3 is 0 Å². The first-order valence-electron chi connectivity index (χ1n) is 7.43. The predicted molar refractivity (Wildman–Crippen MR) is 89.2 cm³/mol. The Morgan fingerprint density at radius 3 is 2.67 bits per heavy atom. The predicted octanol–water partition coefficient (Wildman–Crippen LogP) is 4.37. The first-order valence-corrected chi connectivity index (χ1v) is 7.81. The van der Waals surface area contributed by atoms with Crippen LogP contribution in [0.3, 0.4) is 0 Å². The van der Waals surface area contributed by atoms with Crippen LogP contribution in [0.2, 0.25) is 5.02 Å². The van der Waals surface area contributed by atoms with Crippen LogP contribution in [-0.4, -0.2) is 18.2 Å². The summed E-state index contributed by atoms with van der Waals surface area (Å²) in [7, 11) is 0. The first-order chi connectivity index (χ1) is 10.2. The van der Waals surface area contributed by atoms with Crippen LogP contribution in [-0.2, 0) is 6.42 Å². The molecule has 2 N–H and O–H groups in total. The highest BCUT2D eigenvalue weighted by Gasteiger charge is 2.15. The summed E-state index contributed by atoms with van der Waals surface area (Å²) in [6.07, 6.45) is 1.97. The molecule has 0 saturated carbocycles. The van der Waals surface area contributed by atoms with Gasteiger partial charge in [-0.2, -0.15) is 0 Å². The minimum absolute atomic E-state index is 0.298. The zero-order chi connectivity index (χ0) is 15.1. The average Bonchev–Trinajstić information content (AvgIpc) is 2.47. The Hall–Kier alpha value is -1.51. The van der Waals surface area contributed by atoms with E-state index in [-0.39, 0.29) is 0 Å². The van der Waals surface area contributed by atoms with Gasteiger partial charge in [-0.1, -0.05) is 48.9 Å². The normalized spacial score (nSPS) is 12.3. The molecule has 0 aromatic heterocycles. The van der Waals surface area contributed by atoms with Crippen LogP contribution in [0.15, 0.2) is 48.5 Å². The summed E-state index contributed by atoms with van der Waals surface area (Å²) in [6, 6.07) is 15.5. The monoisotopic (exact) mass is 303 g/mol. The van der Waals surface area contributed by atoms with Gasteiger partial charge in [-0.05, 0) is 48.7 Å². The number of phenols is 1. The van der Waals surface area contributed by atoms with Gasteiger partial charge in [-0.25, -0.2) is 0 Å². The second-order valence-corrected chi connectivity index (χ2v) is 5.70. The Labute approximate surface area is 131 Å². The maximum Gasteiger partial charge on any atom is 0.115 e. The lowest BCUT2D eigenvalue weighted by molar-refractivity contribution is 0.474. The van der Waals surface area contributed by atoms with Gasteiger partial charge in [0.1, 0.15) is 5.75 Å². The fraction of sp³-hybridized carbons (Fsp3) is 0.333. The molecule has 0 radical (unpaired) electrons. The Bertz CT molecular complexity index is 571. The maximum atomic E-state index is 9.62. The molecule has 2 rings (SSSR count). The molecule has 1 unspecified atom stereocenters. The molecule has 0 fully saturated rings. The Balaban J connectivity index is 2.17. The zero-order valence-corrected chi connectivity index (χ0v) is 13.1. The first kappa shape index (κ1) is 15.9. The van der Waals surface area contributed by atoms with Crippen molar-refractivity contribution in [1.29, 1.82) is 0 Å². The summed E-state index contributed by atoms with van der Waals surface area (Å²) < 4.78 is 0. The van der Waals surface area contributed by atoms with Crippen molar-refractivity contribution in [2.24, 2.45) is 0 Å². The van der Waals surface area contributed by atoms with Crippen LogP contribution in [0, 0.1) is 0 Å². The maximum absolute atomic E-state index is 9.62. The zero-order valence-electron chi connectivity index (χ0n) is 12.3. The summed E-state index contributed by atoms with van der Waals surface area (Å²) in [5.74, 6) is 0.610. The van der Waals surface area contributed by atoms with E-state index < -0.39 is 0 Å². The van der Waals surface area contributed by atoms with Crippen LogP contribution in [0.25, 0.3) is 0 Å². The molecule has 2 nitrogen and oxygen atoms in total. The number of aromatic hydroxyl groups is 1. The number of rotatable bonds is 7. The summed E-state index contributed by atoms with van der Waals surface area (Å²) in [4.78, 5) is 0. The lowest BCUT2D eigenvalue weighted by atomic mass is 9.91. The van der Waals surface area contributed by atoms with Crippen LogP contribution in [0.4, 0.5) is 0 Å². The lowest BCUT2D eigenvalue weighted by Crippen LogP contribution is -2.24. The number of hydrogen-bond donors (Lipinski definition) is 2.